The number of carbonyl (C=O) groups is 2. The van der Waals surface area contributed by atoms with Crippen LogP contribution in [0.1, 0.15) is 66.2 Å². The molecule has 0 spiro atoms. The number of hydrogen-bond donors (Lipinski definition) is 1. The summed E-state index contributed by atoms with van der Waals surface area (Å²) in [5.41, 5.74) is 1.16. The van der Waals surface area contributed by atoms with Gasteiger partial charge in [0.25, 0.3) is 0 Å². The van der Waals surface area contributed by atoms with Gasteiger partial charge in [-0.25, -0.2) is 0 Å². The summed E-state index contributed by atoms with van der Waals surface area (Å²) in [5.74, 6) is 2.03. The Hall–Kier alpha value is -0.960. The van der Waals surface area contributed by atoms with Crippen molar-refractivity contribution in [2.45, 2.75) is 72.3 Å². The number of allylic oxidation sites excluding steroid dienone is 1. The lowest BCUT2D eigenvalue weighted by Gasteiger charge is -2.62. The van der Waals surface area contributed by atoms with Crippen LogP contribution in [0.15, 0.2) is 11.6 Å². The van der Waals surface area contributed by atoms with Crippen molar-refractivity contribution >= 4 is 11.6 Å². The van der Waals surface area contributed by atoms with E-state index < -0.39 is 0 Å². The summed E-state index contributed by atoms with van der Waals surface area (Å²) >= 11 is 0. The van der Waals surface area contributed by atoms with Crippen molar-refractivity contribution in [2.75, 3.05) is 0 Å². The van der Waals surface area contributed by atoms with Crippen LogP contribution < -0.4 is 0 Å². The smallest absolute Gasteiger partial charge is 0.155 e. The maximum absolute atomic E-state index is 12.3. The Balaban J connectivity index is 1.77. The third-order valence-electron chi connectivity index (χ3n) is 9.09. The summed E-state index contributed by atoms with van der Waals surface area (Å²) in [6, 6.07) is 0. The molecular formula is C22H32O3. The molecule has 25 heavy (non-hydrogen) atoms. The number of carbonyl (C=O) groups excluding carboxylic acids is 2. The quantitative estimate of drug-likeness (QED) is 0.784. The predicted molar refractivity (Wildman–Crippen MR) is 96.8 cm³/mol. The molecule has 0 amide bonds. The van der Waals surface area contributed by atoms with Crippen molar-refractivity contribution in [3.8, 4) is 0 Å². The molecular weight excluding hydrogens is 312 g/mol. The van der Waals surface area contributed by atoms with Gasteiger partial charge in [0, 0.05) is 12.3 Å². The average Bonchev–Trinajstić information content (AvgIpc) is 2.91. The van der Waals surface area contributed by atoms with Gasteiger partial charge >= 0.3 is 0 Å². The van der Waals surface area contributed by atoms with E-state index >= 15 is 0 Å². The molecule has 0 radical (unpaired) electrons. The number of ketones is 2. The average molecular weight is 344 g/mol. The van der Waals surface area contributed by atoms with E-state index in [0.29, 0.717) is 24.0 Å². The van der Waals surface area contributed by atoms with Crippen LogP contribution in [0.5, 0.6) is 0 Å². The molecule has 3 heteroatoms. The van der Waals surface area contributed by atoms with E-state index in [2.05, 4.69) is 20.8 Å². The van der Waals surface area contributed by atoms with Crippen molar-refractivity contribution in [3.63, 3.8) is 0 Å². The molecule has 138 valence electrons. The zero-order valence-corrected chi connectivity index (χ0v) is 16.0. The second-order valence-corrected chi connectivity index (χ2v) is 9.77. The summed E-state index contributed by atoms with van der Waals surface area (Å²) in [5, 5.41) is 11.4. The van der Waals surface area contributed by atoms with Crippen molar-refractivity contribution in [1.29, 1.82) is 0 Å². The fourth-order valence-electron chi connectivity index (χ4n) is 7.65. The van der Waals surface area contributed by atoms with Crippen LogP contribution in [-0.2, 0) is 9.59 Å². The molecule has 1 N–H and O–H groups in total. The highest BCUT2D eigenvalue weighted by molar-refractivity contribution is 5.91. The largest absolute Gasteiger partial charge is 0.392 e. The van der Waals surface area contributed by atoms with E-state index in [-0.39, 0.29) is 40.5 Å². The van der Waals surface area contributed by atoms with Crippen LogP contribution in [0.2, 0.25) is 0 Å². The van der Waals surface area contributed by atoms with Gasteiger partial charge in [0.2, 0.25) is 0 Å². The lowest BCUT2D eigenvalue weighted by atomic mass is 9.43. The SMILES string of the molecule is CC(=O)[C@H]1CC[C@H]2[C@@H]3CCC4=CC(=O)CC[C@]4(C)[C@H]3[C@H](O)[C@@H](C)[C@]12C. The highest BCUT2D eigenvalue weighted by atomic mass is 16.3. The lowest BCUT2D eigenvalue weighted by molar-refractivity contribution is -0.169. The van der Waals surface area contributed by atoms with Gasteiger partial charge in [-0.1, -0.05) is 26.3 Å². The molecule has 0 heterocycles. The third-order valence-corrected chi connectivity index (χ3v) is 9.09. The fraction of sp³-hybridized carbons (Fsp3) is 0.818. The maximum Gasteiger partial charge on any atom is 0.155 e. The topological polar surface area (TPSA) is 54.4 Å². The number of hydrogen-bond acceptors (Lipinski definition) is 3. The van der Waals surface area contributed by atoms with Gasteiger partial charge in [-0.2, -0.15) is 0 Å². The van der Waals surface area contributed by atoms with Gasteiger partial charge in [0.1, 0.15) is 5.78 Å². The second-order valence-electron chi connectivity index (χ2n) is 9.77. The molecule has 4 rings (SSSR count). The Kier molecular flexibility index (Phi) is 3.85. The Morgan fingerprint density at radius 1 is 1.20 bits per heavy atom. The van der Waals surface area contributed by atoms with Gasteiger partial charge in [-0.3, -0.25) is 9.59 Å². The highest BCUT2D eigenvalue weighted by Crippen LogP contribution is 2.68. The molecule has 3 nitrogen and oxygen atoms in total. The molecule has 0 bridgehead atoms. The minimum atomic E-state index is -0.381. The molecule has 3 saturated carbocycles. The van der Waals surface area contributed by atoms with Gasteiger partial charge in [0.15, 0.2) is 5.78 Å². The number of fused-ring (bicyclic) bond motifs is 5. The zero-order chi connectivity index (χ0) is 18.1. The van der Waals surface area contributed by atoms with Gasteiger partial charge in [-0.05, 0) is 79.6 Å². The van der Waals surface area contributed by atoms with E-state index in [4.69, 9.17) is 0 Å². The normalized spacial score (nSPS) is 52.0. The highest BCUT2D eigenvalue weighted by Gasteiger charge is 2.65. The van der Waals surface area contributed by atoms with E-state index in [1.54, 1.807) is 6.92 Å². The van der Waals surface area contributed by atoms with Crippen molar-refractivity contribution < 1.29 is 14.7 Å². The molecule has 4 aliphatic rings. The Labute approximate surface area is 151 Å². The summed E-state index contributed by atoms with van der Waals surface area (Å²) in [4.78, 5) is 24.3. The van der Waals surface area contributed by atoms with Gasteiger partial charge in [0.05, 0.1) is 6.10 Å². The van der Waals surface area contributed by atoms with Crippen LogP contribution in [0, 0.1) is 40.4 Å². The molecule has 0 aliphatic heterocycles. The number of rotatable bonds is 1. The standard InChI is InChI=1S/C22H32O3/c1-12-20(25)19-16(18-8-7-17(13(2)23)22(12,18)4)6-5-14-11-15(24)9-10-21(14,19)3/h11-12,16-20,25H,5-10H2,1-4H3/t12-,16+,17-,18+,19-,20-,21+,22-/m1/s1. The van der Waals surface area contributed by atoms with Crippen molar-refractivity contribution in [3.05, 3.63) is 11.6 Å². The van der Waals surface area contributed by atoms with Gasteiger partial charge < -0.3 is 5.11 Å². The lowest BCUT2D eigenvalue weighted by Crippen LogP contribution is -2.60. The summed E-state index contributed by atoms with van der Waals surface area (Å²) in [7, 11) is 0. The molecule has 8 atom stereocenters. The van der Waals surface area contributed by atoms with Crippen molar-refractivity contribution in [1.82, 2.24) is 0 Å². The Morgan fingerprint density at radius 3 is 2.60 bits per heavy atom. The van der Waals surface area contributed by atoms with E-state index in [9.17, 15) is 14.7 Å². The predicted octanol–water partition coefficient (Wildman–Crippen LogP) is 3.94. The van der Waals surface area contributed by atoms with Crippen LogP contribution in [0.3, 0.4) is 0 Å². The minimum absolute atomic E-state index is 0.0415. The Morgan fingerprint density at radius 2 is 1.92 bits per heavy atom. The molecule has 0 aromatic rings. The minimum Gasteiger partial charge on any atom is -0.392 e. The number of Topliss-reactive ketones (excluding diaryl/α,β-unsaturated/α-hetero) is 1. The zero-order valence-electron chi connectivity index (χ0n) is 16.0. The molecule has 0 saturated heterocycles. The first-order valence-electron chi connectivity index (χ1n) is 10.1. The maximum atomic E-state index is 12.3. The van der Waals surface area contributed by atoms with Crippen LogP contribution in [-0.4, -0.2) is 22.8 Å². The second kappa shape index (κ2) is 5.52. The Bertz CT molecular complexity index is 650. The van der Waals surface area contributed by atoms with E-state index in [1.165, 1.54) is 5.57 Å². The summed E-state index contributed by atoms with van der Waals surface area (Å²) in [6.45, 7) is 8.47. The number of aliphatic hydroxyl groups excluding tert-OH is 1. The fourth-order valence-corrected chi connectivity index (χ4v) is 7.65. The summed E-state index contributed by atoms with van der Waals surface area (Å²) < 4.78 is 0. The van der Waals surface area contributed by atoms with Gasteiger partial charge in [-0.15, -0.1) is 0 Å². The number of aliphatic hydroxyl groups is 1. The first-order chi connectivity index (χ1) is 11.7. The first kappa shape index (κ1) is 17.5. The third kappa shape index (κ3) is 2.14. The first-order valence-corrected chi connectivity index (χ1v) is 10.1. The van der Waals surface area contributed by atoms with Crippen molar-refractivity contribution in [2.24, 2.45) is 40.4 Å². The van der Waals surface area contributed by atoms with Crippen LogP contribution in [0.25, 0.3) is 0 Å². The van der Waals surface area contributed by atoms with Crippen LogP contribution in [0.4, 0.5) is 0 Å². The van der Waals surface area contributed by atoms with Crippen LogP contribution >= 0.6 is 0 Å². The molecule has 4 aliphatic carbocycles. The summed E-state index contributed by atoms with van der Waals surface area (Å²) in [6.07, 6.45) is 7.15. The molecule has 0 aromatic carbocycles. The monoisotopic (exact) mass is 344 g/mol. The molecule has 0 aromatic heterocycles. The van der Waals surface area contributed by atoms with E-state index in [1.807, 2.05) is 6.08 Å². The molecule has 0 unspecified atom stereocenters. The van der Waals surface area contributed by atoms with E-state index in [0.717, 1.165) is 32.1 Å². The molecule has 3 fully saturated rings.